The molecule has 0 spiro atoms. The van der Waals surface area contributed by atoms with Gasteiger partial charge in [0.15, 0.2) is 5.60 Å². The second-order valence-corrected chi connectivity index (χ2v) is 9.66. The second kappa shape index (κ2) is 12.2. The number of carboxylic acid groups (broad SMARTS) is 3. The van der Waals surface area contributed by atoms with Crippen molar-refractivity contribution in [2.75, 3.05) is 0 Å². The van der Waals surface area contributed by atoms with Gasteiger partial charge >= 0.3 is 74.9 Å². The fourth-order valence-corrected chi connectivity index (χ4v) is 3.59. The molecule has 0 saturated carbocycles. The van der Waals surface area contributed by atoms with Crippen molar-refractivity contribution in [3.8, 4) is 0 Å². The molecule has 13 heteroatoms. The molecule has 0 atom stereocenters. The molecule has 0 fully saturated rings. The quantitative estimate of drug-likeness (QED) is 0.151. The average molecular weight is 560 g/mol. The summed E-state index contributed by atoms with van der Waals surface area (Å²) in [7, 11) is -4.64. The molecule has 0 bridgehead atoms. The molecule has 24 heavy (non-hydrogen) atoms. The third-order valence-corrected chi connectivity index (χ3v) is 5.41. The monoisotopic (exact) mass is 560 g/mol. The van der Waals surface area contributed by atoms with Gasteiger partial charge in [-0.25, -0.2) is 9.36 Å². The first-order valence-corrected chi connectivity index (χ1v) is 12.7. The number of carbonyl (C=O) groups is 3. The maximum absolute atomic E-state index is 10.3. The summed E-state index contributed by atoms with van der Waals surface area (Å²) in [4.78, 5) is 52.0. The largest absolute Gasteiger partial charge is 0.481 e. The summed E-state index contributed by atoms with van der Waals surface area (Å²) in [6, 6.07) is 0. The summed E-state index contributed by atoms with van der Waals surface area (Å²) in [5.41, 5.74) is -2.74. The molecule has 0 saturated heterocycles. The number of phosphoric acid groups is 1. The molecular formula is C11H16O11PTl. The topological polar surface area (TPSA) is 210 Å². The van der Waals surface area contributed by atoms with Crippen molar-refractivity contribution < 1.29 is 54.1 Å². The minimum atomic E-state index is -4.64. The molecule has 1 aliphatic heterocycles. The molecular weight excluding hydrogens is 543 g/mol. The zero-order chi connectivity index (χ0) is 19.4. The van der Waals surface area contributed by atoms with Crippen LogP contribution in [0.5, 0.6) is 0 Å². The SMILES string of the molecule is C1=C[CH]=[Tl][CH]=C1.O=C(O)CC(O)(CC(=O)O)C(=O)O.O=P(O)(O)O. The Morgan fingerprint density at radius 1 is 0.917 bits per heavy atom. The van der Waals surface area contributed by atoms with E-state index in [9.17, 15) is 14.4 Å². The fraction of sp³-hybridized carbons (Fsp3) is 0.273. The molecule has 0 aromatic heterocycles. The predicted molar refractivity (Wildman–Crippen MR) is 81.5 cm³/mol. The smallest absolute Gasteiger partial charge is 0.466 e. The molecule has 7 N–H and O–H groups in total. The van der Waals surface area contributed by atoms with Gasteiger partial charge in [-0.15, -0.1) is 0 Å². The van der Waals surface area contributed by atoms with Crippen LogP contribution in [0.4, 0.5) is 0 Å². The van der Waals surface area contributed by atoms with Gasteiger partial charge in [0.05, 0.1) is 12.8 Å². The summed E-state index contributed by atoms with van der Waals surface area (Å²) >= 11 is -0.380. The van der Waals surface area contributed by atoms with E-state index in [1.165, 1.54) is 0 Å². The normalized spacial score (nSPS) is 12.0. The van der Waals surface area contributed by atoms with Crippen LogP contribution < -0.4 is 0 Å². The minimum Gasteiger partial charge on any atom is -0.481 e. The summed E-state index contributed by atoms with van der Waals surface area (Å²) in [5, 5.41) is 33.8. The predicted octanol–water partition coefficient (Wildman–Crippen LogP) is -1.60. The Morgan fingerprint density at radius 3 is 1.46 bits per heavy atom. The molecule has 0 amide bonds. The van der Waals surface area contributed by atoms with Gasteiger partial charge in [-0.1, -0.05) is 0 Å². The van der Waals surface area contributed by atoms with Gasteiger partial charge < -0.3 is 35.1 Å². The molecule has 1 aliphatic rings. The molecule has 134 valence electrons. The number of hydrogen-bond donors (Lipinski definition) is 7. The Kier molecular flexibility index (Phi) is 12.7. The van der Waals surface area contributed by atoms with E-state index in [1.54, 1.807) is 0 Å². The third kappa shape index (κ3) is 18.8. The number of aliphatic carboxylic acids is 3. The molecule has 0 radical (unpaired) electrons. The van der Waals surface area contributed by atoms with Crippen molar-refractivity contribution in [1.29, 1.82) is 0 Å². The van der Waals surface area contributed by atoms with Gasteiger partial charge in [0.2, 0.25) is 0 Å². The van der Waals surface area contributed by atoms with E-state index in [0.717, 1.165) is 0 Å². The van der Waals surface area contributed by atoms with Crippen molar-refractivity contribution >= 4 is 53.0 Å². The Hall–Kier alpha value is -1.25. The molecule has 1 heterocycles. The van der Waals surface area contributed by atoms with Crippen molar-refractivity contribution in [2.24, 2.45) is 0 Å². The van der Waals surface area contributed by atoms with Crippen LogP contribution in [0.25, 0.3) is 0 Å². The van der Waals surface area contributed by atoms with Crippen molar-refractivity contribution in [2.45, 2.75) is 18.4 Å². The number of aliphatic hydroxyl groups is 1. The van der Waals surface area contributed by atoms with Crippen LogP contribution in [0.2, 0.25) is 0 Å². The van der Waals surface area contributed by atoms with Gasteiger partial charge in [0.25, 0.3) is 0 Å². The third-order valence-electron chi connectivity index (χ3n) is 1.95. The van der Waals surface area contributed by atoms with Crippen LogP contribution in [0.3, 0.4) is 0 Å². The first-order valence-electron chi connectivity index (χ1n) is 5.95. The molecule has 0 unspecified atom stereocenters. The summed E-state index contributed by atoms with van der Waals surface area (Å²) in [5.74, 6) is -5.02. The van der Waals surface area contributed by atoms with Crippen LogP contribution in [0, 0.1) is 0 Å². The number of allylic oxidation sites excluding steroid dienone is 3. The van der Waals surface area contributed by atoms with Crippen LogP contribution in [-0.4, -0.2) is 85.9 Å². The van der Waals surface area contributed by atoms with Crippen LogP contribution in [-0.2, 0) is 18.9 Å². The second-order valence-electron chi connectivity index (χ2n) is 4.15. The minimum absolute atomic E-state index is 0.380. The van der Waals surface area contributed by atoms with E-state index in [0.29, 0.717) is 0 Å². The molecule has 0 aromatic rings. The summed E-state index contributed by atoms with van der Waals surface area (Å²) in [6.07, 6.45) is 4.09. The van der Waals surface area contributed by atoms with Crippen molar-refractivity contribution in [3.05, 3.63) is 21.9 Å². The number of hydrogen-bond acceptors (Lipinski definition) is 5. The summed E-state index contributed by atoms with van der Waals surface area (Å²) in [6.45, 7) is 0. The zero-order valence-corrected chi connectivity index (χ0v) is 17.5. The maximum atomic E-state index is 10.3. The van der Waals surface area contributed by atoms with Crippen LogP contribution in [0.15, 0.2) is 21.9 Å². The summed E-state index contributed by atoms with van der Waals surface area (Å²) < 4.78 is 13.5. The van der Waals surface area contributed by atoms with Gasteiger partial charge in [0.1, 0.15) is 0 Å². The van der Waals surface area contributed by atoms with Crippen LogP contribution in [0.1, 0.15) is 12.8 Å². The first kappa shape index (κ1) is 25.0. The molecule has 0 aromatic carbocycles. The number of carboxylic acids is 3. The van der Waals surface area contributed by atoms with E-state index in [4.69, 9.17) is 39.7 Å². The van der Waals surface area contributed by atoms with Gasteiger partial charge in [-0.05, 0) is 0 Å². The number of rotatable bonds is 5. The van der Waals surface area contributed by atoms with Gasteiger partial charge in [-0.2, -0.15) is 0 Å². The van der Waals surface area contributed by atoms with Crippen molar-refractivity contribution in [1.82, 2.24) is 0 Å². The fourth-order valence-electron chi connectivity index (χ4n) is 1.10. The Morgan fingerprint density at radius 2 is 1.33 bits per heavy atom. The van der Waals surface area contributed by atoms with Gasteiger partial charge in [-0.3, -0.25) is 9.59 Å². The Bertz CT molecular complexity index is 514. The standard InChI is InChI=1S/C6H8O7.C5H5.H3O4P.Tl/c7-3(8)1-6(13,5(11)12)2-4(9)10;1-3-5-4-2;1-5(2,3)4;/h13H,1-2H2,(H,7,8)(H,9,10)(H,11,12);1-5H;(H3,1,2,3,4);. The molecule has 0 aliphatic carbocycles. The average Bonchev–Trinajstić information content (AvgIpc) is 2.37. The Labute approximate surface area is 147 Å². The van der Waals surface area contributed by atoms with Crippen molar-refractivity contribution in [3.63, 3.8) is 0 Å². The van der Waals surface area contributed by atoms with Gasteiger partial charge in [0, 0.05) is 0 Å². The molecule has 11 nitrogen and oxygen atoms in total. The van der Waals surface area contributed by atoms with E-state index in [2.05, 4.69) is 25.4 Å². The van der Waals surface area contributed by atoms with Crippen LogP contribution >= 0.6 is 7.82 Å². The Balaban J connectivity index is 0. The maximum Gasteiger partial charge on any atom is 0.466 e. The van der Waals surface area contributed by atoms with E-state index in [-0.39, 0.29) is 23.7 Å². The van der Waals surface area contributed by atoms with E-state index in [1.807, 2.05) is 0 Å². The van der Waals surface area contributed by atoms with E-state index < -0.39 is 44.2 Å². The first-order chi connectivity index (χ1) is 10.8. The zero-order valence-electron chi connectivity index (χ0n) is 12.1. The molecule has 1 rings (SSSR count). The van der Waals surface area contributed by atoms with E-state index >= 15 is 0 Å².